The molecular formula is C15H19Cl2NO3S. The molecule has 7 heteroatoms. The summed E-state index contributed by atoms with van der Waals surface area (Å²) in [7, 11) is 3.07. The Kier molecular flexibility index (Phi) is 8.07. The molecule has 1 aromatic carbocycles. The molecule has 0 aliphatic heterocycles. The van der Waals surface area contributed by atoms with Crippen molar-refractivity contribution >= 4 is 46.8 Å². The number of methoxy groups -OCH3 is 1. The van der Waals surface area contributed by atoms with Crippen LogP contribution in [0.25, 0.3) is 0 Å². The van der Waals surface area contributed by atoms with E-state index in [0.29, 0.717) is 29.4 Å². The van der Waals surface area contributed by atoms with Crippen LogP contribution in [0.5, 0.6) is 0 Å². The minimum atomic E-state index is -0.293. The molecule has 1 aromatic rings. The highest BCUT2D eigenvalue weighted by molar-refractivity contribution is 8.00. The lowest BCUT2D eigenvalue weighted by molar-refractivity contribution is -0.141. The molecule has 0 fully saturated rings. The third-order valence-corrected chi connectivity index (χ3v) is 4.85. The van der Waals surface area contributed by atoms with Crippen LogP contribution in [0.4, 0.5) is 0 Å². The van der Waals surface area contributed by atoms with Crippen LogP contribution in [0.3, 0.4) is 0 Å². The first-order valence-electron chi connectivity index (χ1n) is 6.78. The number of benzene rings is 1. The maximum Gasteiger partial charge on any atom is 0.305 e. The quantitative estimate of drug-likeness (QED) is 0.544. The lowest BCUT2D eigenvalue weighted by atomic mass is 10.3. The maximum atomic E-state index is 12.3. The van der Waals surface area contributed by atoms with Crippen LogP contribution in [0.15, 0.2) is 23.1 Å². The van der Waals surface area contributed by atoms with Crippen LogP contribution in [0.2, 0.25) is 10.0 Å². The minimum Gasteiger partial charge on any atom is -0.469 e. The van der Waals surface area contributed by atoms with Crippen LogP contribution in [-0.4, -0.2) is 42.7 Å². The van der Waals surface area contributed by atoms with Gasteiger partial charge in [0.25, 0.3) is 0 Å². The van der Waals surface area contributed by atoms with Gasteiger partial charge >= 0.3 is 5.97 Å². The summed E-state index contributed by atoms with van der Waals surface area (Å²) in [6.07, 6.45) is 0.875. The van der Waals surface area contributed by atoms with E-state index >= 15 is 0 Å². The number of thioether (sulfide) groups is 1. The third kappa shape index (κ3) is 6.07. The Morgan fingerprint density at radius 3 is 2.68 bits per heavy atom. The minimum absolute atomic E-state index is 0.0223. The first-order chi connectivity index (χ1) is 10.3. The molecule has 1 rings (SSSR count). The number of hydrogen-bond donors (Lipinski definition) is 0. The molecule has 0 bridgehead atoms. The van der Waals surface area contributed by atoms with Crippen molar-refractivity contribution in [1.82, 2.24) is 4.90 Å². The van der Waals surface area contributed by atoms with Crippen molar-refractivity contribution in [1.29, 1.82) is 0 Å². The topological polar surface area (TPSA) is 46.6 Å². The van der Waals surface area contributed by atoms with Crippen LogP contribution >= 0.6 is 35.0 Å². The normalized spacial score (nSPS) is 11.9. The largest absolute Gasteiger partial charge is 0.469 e. The second-order valence-corrected chi connectivity index (χ2v) is 7.00. The molecule has 0 saturated heterocycles. The first-order valence-corrected chi connectivity index (χ1v) is 8.42. The van der Waals surface area contributed by atoms with Gasteiger partial charge < -0.3 is 9.64 Å². The summed E-state index contributed by atoms with van der Waals surface area (Å²) < 4.78 is 4.57. The monoisotopic (exact) mass is 363 g/mol. The van der Waals surface area contributed by atoms with E-state index in [1.54, 1.807) is 30.1 Å². The zero-order valence-corrected chi connectivity index (χ0v) is 15.1. The van der Waals surface area contributed by atoms with Crippen LogP contribution in [0, 0.1) is 0 Å². The van der Waals surface area contributed by atoms with Crippen molar-refractivity contribution in [2.45, 2.75) is 29.9 Å². The van der Waals surface area contributed by atoms with Gasteiger partial charge in [0, 0.05) is 29.9 Å². The summed E-state index contributed by atoms with van der Waals surface area (Å²) in [4.78, 5) is 25.7. The SMILES string of the molecule is COC(=O)CCCN(C)C(=O)C(C)Sc1cc(Cl)ccc1Cl. The lowest BCUT2D eigenvalue weighted by Gasteiger charge is -2.21. The molecule has 0 aliphatic carbocycles. The number of carbonyl (C=O) groups excluding carboxylic acids is 2. The average molecular weight is 364 g/mol. The Labute approximate surface area is 145 Å². The molecule has 0 aliphatic rings. The lowest BCUT2D eigenvalue weighted by Crippen LogP contribution is -2.34. The van der Waals surface area contributed by atoms with Crippen LogP contribution < -0.4 is 0 Å². The summed E-state index contributed by atoms with van der Waals surface area (Å²) >= 11 is 13.4. The van der Waals surface area contributed by atoms with Crippen molar-refractivity contribution in [2.24, 2.45) is 0 Å². The van der Waals surface area contributed by atoms with E-state index in [1.165, 1.54) is 18.9 Å². The molecular weight excluding hydrogens is 345 g/mol. The highest BCUT2D eigenvalue weighted by atomic mass is 35.5. The molecule has 22 heavy (non-hydrogen) atoms. The molecule has 0 aromatic heterocycles. The smallest absolute Gasteiger partial charge is 0.305 e. The number of halogens is 2. The molecule has 122 valence electrons. The van der Waals surface area contributed by atoms with Gasteiger partial charge in [0.05, 0.1) is 17.4 Å². The van der Waals surface area contributed by atoms with Crippen molar-refractivity contribution in [3.63, 3.8) is 0 Å². The Hall–Kier alpha value is -0.910. The molecule has 0 N–H and O–H groups in total. The second kappa shape index (κ2) is 9.28. The van der Waals surface area contributed by atoms with Gasteiger partial charge in [-0.2, -0.15) is 0 Å². The Bertz CT molecular complexity index is 540. The summed E-state index contributed by atoms with van der Waals surface area (Å²) in [5.74, 6) is -0.292. The van der Waals surface area contributed by atoms with Crippen molar-refractivity contribution < 1.29 is 14.3 Å². The molecule has 1 unspecified atom stereocenters. The highest BCUT2D eigenvalue weighted by Gasteiger charge is 2.20. The molecule has 0 spiro atoms. The van der Waals surface area contributed by atoms with Crippen molar-refractivity contribution in [2.75, 3.05) is 20.7 Å². The highest BCUT2D eigenvalue weighted by Crippen LogP contribution is 2.33. The molecule has 0 heterocycles. The number of rotatable bonds is 7. The summed E-state index contributed by atoms with van der Waals surface area (Å²) in [5, 5.41) is 0.861. The van der Waals surface area contributed by atoms with Gasteiger partial charge in [0.1, 0.15) is 0 Å². The predicted molar refractivity (Wildman–Crippen MR) is 90.7 cm³/mol. The molecule has 4 nitrogen and oxygen atoms in total. The number of nitrogens with zero attached hydrogens (tertiary/aromatic N) is 1. The number of hydrogen-bond acceptors (Lipinski definition) is 4. The predicted octanol–water partition coefficient (Wildman–Crippen LogP) is 3.89. The molecule has 0 saturated carbocycles. The number of amides is 1. The summed E-state index contributed by atoms with van der Waals surface area (Å²) in [5.41, 5.74) is 0. The zero-order chi connectivity index (χ0) is 16.7. The number of ether oxygens (including phenoxy) is 1. The Balaban J connectivity index is 2.53. The van der Waals surface area contributed by atoms with E-state index < -0.39 is 0 Å². The Morgan fingerprint density at radius 2 is 2.05 bits per heavy atom. The van der Waals surface area contributed by atoms with Crippen molar-refractivity contribution in [3.05, 3.63) is 28.2 Å². The first kappa shape index (κ1) is 19.1. The van der Waals surface area contributed by atoms with Gasteiger partial charge in [-0.15, -0.1) is 11.8 Å². The fraction of sp³-hybridized carbons (Fsp3) is 0.467. The molecule has 1 atom stereocenters. The van der Waals surface area contributed by atoms with E-state index in [0.717, 1.165) is 4.90 Å². The van der Waals surface area contributed by atoms with E-state index in [1.807, 2.05) is 6.92 Å². The van der Waals surface area contributed by atoms with E-state index in [-0.39, 0.29) is 17.1 Å². The fourth-order valence-electron chi connectivity index (χ4n) is 1.79. The van der Waals surface area contributed by atoms with E-state index in [2.05, 4.69) is 4.74 Å². The van der Waals surface area contributed by atoms with Gasteiger partial charge in [-0.1, -0.05) is 23.2 Å². The van der Waals surface area contributed by atoms with Gasteiger partial charge in [0.15, 0.2) is 0 Å². The van der Waals surface area contributed by atoms with E-state index in [9.17, 15) is 9.59 Å². The number of esters is 1. The van der Waals surface area contributed by atoms with Gasteiger partial charge in [-0.3, -0.25) is 9.59 Å². The molecule has 0 radical (unpaired) electrons. The average Bonchev–Trinajstić information content (AvgIpc) is 2.49. The van der Waals surface area contributed by atoms with Crippen LogP contribution in [-0.2, 0) is 14.3 Å². The Morgan fingerprint density at radius 1 is 1.36 bits per heavy atom. The fourth-order valence-corrected chi connectivity index (χ4v) is 3.32. The van der Waals surface area contributed by atoms with E-state index in [4.69, 9.17) is 23.2 Å². The van der Waals surface area contributed by atoms with Gasteiger partial charge in [-0.05, 0) is 31.5 Å². The maximum absolute atomic E-state index is 12.3. The summed E-state index contributed by atoms with van der Waals surface area (Å²) in [6.45, 7) is 2.32. The third-order valence-electron chi connectivity index (χ3n) is 3.02. The molecule has 1 amide bonds. The van der Waals surface area contributed by atoms with Crippen molar-refractivity contribution in [3.8, 4) is 0 Å². The standard InChI is InChI=1S/C15H19Cl2NO3S/c1-10(22-13-9-11(16)6-7-12(13)17)15(20)18(2)8-4-5-14(19)21-3/h6-7,9-10H,4-5,8H2,1-3H3. The van der Waals surface area contributed by atoms with Crippen LogP contribution in [0.1, 0.15) is 19.8 Å². The zero-order valence-electron chi connectivity index (χ0n) is 12.8. The van der Waals surface area contributed by atoms with Gasteiger partial charge in [-0.25, -0.2) is 0 Å². The summed E-state index contributed by atoms with van der Waals surface area (Å²) in [6, 6.07) is 5.17. The van der Waals surface area contributed by atoms with Gasteiger partial charge in [0.2, 0.25) is 5.91 Å². The number of carbonyl (C=O) groups is 2. The second-order valence-electron chi connectivity index (χ2n) is 4.77.